The van der Waals surface area contributed by atoms with Gasteiger partial charge in [0, 0.05) is 13.2 Å². The summed E-state index contributed by atoms with van der Waals surface area (Å²) in [7, 11) is 1.65. The Kier molecular flexibility index (Phi) is 7.41. The first kappa shape index (κ1) is 22.4. The number of carboxylic acids is 1. The Labute approximate surface area is 169 Å². The lowest BCUT2D eigenvalue weighted by Gasteiger charge is -2.18. The van der Waals surface area contributed by atoms with Gasteiger partial charge in [-0.15, -0.1) is 11.3 Å². The number of aliphatic carboxylic acids is 1. The number of carbonyl (C=O) groups is 2. The Morgan fingerprint density at radius 1 is 1.38 bits per heavy atom. The lowest BCUT2D eigenvalue weighted by atomic mass is 10.2. The largest absolute Gasteiger partial charge is 0.490 e. The standard InChI is InChI=1S/C13H13N5O2S2.C2HF3O2/c1-18(13(19)11(14)8-4-5-15-22-8)7-10-16-12(17-20-10)9-3-2-6-21-9;3-2(4,5)1(6)7/h2-6,11H,7,14H2,1H3;(H,6,7). The van der Waals surface area contributed by atoms with E-state index in [-0.39, 0.29) is 12.5 Å². The van der Waals surface area contributed by atoms with E-state index < -0.39 is 18.2 Å². The van der Waals surface area contributed by atoms with Crippen LogP contribution in [-0.4, -0.2) is 49.6 Å². The van der Waals surface area contributed by atoms with E-state index in [1.807, 2.05) is 17.5 Å². The summed E-state index contributed by atoms with van der Waals surface area (Å²) in [5.41, 5.74) is 5.93. The van der Waals surface area contributed by atoms with Gasteiger partial charge in [0.05, 0.1) is 16.3 Å². The van der Waals surface area contributed by atoms with Gasteiger partial charge in [-0.05, 0) is 29.0 Å². The molecule has 0 aliphatic rings. The molecule has 1 atom stereocenters. The first-order chi connectivity index (χ1) is 13.6. The van der Waals surface area contributed by atoms with Crippen LogP contribution in [-0.2, 0) is 16.1 Å². The van der Waals surface area contributed by atoms with Crippen LogP contribution in [0.3, 0.4) is 0 Å². The molecule has 3 rings (SSSR count). The van der Waals surface area contributed by atoms with Crippen molar-refractivity contribution in [2.24, 2.45) is 5.73 Å². The smallest absolute Gasteiger partial charge is 0.475 e. The van der Waals surface area contributed by atoms with Gasteiger partial charge in [-0.2, -0.15) is 18.2 Å². The number of rotatable bonds is 5. The van der Waals surface area contributed by atoms with Crippen molar-refractivity contribution >= 4 is 34.7 Å². The van der Waals surface area contributed by atoms with Gasteiger partial charge >= 0.3 is 12.1 Å². The number of likely N-dealkylation sites (N-methyl/N-ethyl adjacent to an activating group) is 1. The van der Waals surface area contributed by atoms with Crippen LogP contribution in [0, 0.1) is 0 Å². The van der Waals surface area contributed by atoms with Gasteiger partial charge in [-0.1, -0.05) is 11.2 Å². The first-order valence-corrected chi connectivity index (χ1v) is 9.32. The average molecular weight is 449 g/mol. The molecule has 1 unspecified atom stereocenters. The van der Waals surface area contributed by atoms with Crippen molar-refractivity contribution in [3.8, 4) is 10.7 Å². The van der Waals surface area contributed by atoms with Crippen molar-refractivity contribution in [3.63, 3.8) is 0 Å². The Balaban J connectivity index is 0.000000370. The zero-order chi connectivity index (χ0) is 21.6. The van der Waals surface area contributed by atoms with Crippen molar-refractivity contribution in [3.05, 3.63) is 40.5 Å². The number of amides is 1. The van der Waals surface area contributed by atoms with Gasteiger partial charge in [0.2, 0.25) is 17.6 Å². The molecule has 0 fully saturated rings. The number of nitrogens with zero attached hydrogens (tertiary/aromatic N) is 4. The molecule has 3 N–H and O–H groups in total. The number of carboxylic acid groups (broad SMARTS) is 1. The topological polar surface area (TPSA) is 135 Å². The predicted molar refractivity (Wildman–Crippen MR) is 96.8 cm³/mol. The highest BCUT2D eigenvalue weighted by Crippen LogP contribution is 2.22. The Hall–Kier alpha value is -2.84. The third-order valence-electron chi connectivity index (χ3n) is 3.23. The van der Waals surface area contributed by atoms with E-state index in [4.69, 9.17) is 20.2 Å². The van der Waals surface area contributed by atoms with Crippen LogP contribution in [0.25, 0.3) is 10.7 Å². The van der Waals surface area contributed by atoms with Crippen LogP contribution in [0.4, 0.5) is 13.2 Å². The highest BCUT2D eigenvalue weighted by Gasteiger charge is 2.38. The van der Waals surface area contributed by atoms with E-state index >= 15 is 0 Å². The minimum atomic E-state index is -5.08. The molecule has 3 aromatic rings. The van der Waals surface area contributed by atoms with E-state index in [0.29, 0.717) is 11.7 Å². The third-order valence-corrected chi connectivity index (χ3v) is 4.92. The summed E-state index contributed by atoms with van der Waals surface area (Å²) in [5.74, 6) is -2.08. The van der Waals surface area contributed by atoms with Crippen molar-refractivity contribution in [2.75, 3.05) is 7.05 Å². The van der Waals surface area contributed by atoms with Crippen LogP contribution in [0.5, 0.6) is 0 Å². The molecule has 1 amide bonds. The molecule has 29 heavy (non-hydrogen) atoms. The Bertz CT molecular complexity index is 928. The van der Waals surface area contributed by atoms with E-state index in [1.165, 1.54) is 27.8 Å². The molecule has 0 bridgehead atoms. The molecule has 156 valence electrons. The molecule has 0 aliphatic heterocycles. The average Bonchev–Trinajstić information content (AvgIpc) is 3.41. The van der Waals surface area contributed by atoms with E-state index in [9.17, 15) is 18.0 Å². The summed E-state index contributed by atoms with van der Waals surface area (Å²) in [5, 5.41) is 13.0. The van der Waals surface area contributed by atoms with E-state index in [1.54, 1.807) is 19.3 Å². The molecule has 0 aromatic carbocycles. The van der Waals surface area contributed by atoms with Gasteiger partial charge < -0.3 is 20.3 Å². The molecular weight excluding hydrogens is 435 g/mol. The highest BCUT2D eigenvalue weighted by atomic mass is 32.1. The third kappa shape index (κ3) is 6.33. The van der Waals surface area contributed by atoms with Crippen molar-refractivity contribution < 1.29 is 32.4 Å². The number of carbonyl (C=O) groups excluding carboxylic acids is 1. The SMILES string of the molecule is CN(Cc1nc(-c2cccs2)no1)C(=O)C(N)c1ccns1.O=C(O)C(F)(F)F. The number of hydrogen-bond donors (Lipinski definition) is 2. The van der Waals surface area contributed by atoms with Crippen LogP contribution in [0.1, 0.15) is 16.8 Å². The summed E-state index contributed by atoms with van der Waals surface area (Å²) < 4.78 is 40.9. The molecule has 14 heteroatoms. The normalized spacial score (nSPS) is 12.0. The van der Waals surface area contributed by atoms with Gasteiger partial charge in [-0.25, -0.2) is 9.17 Å². The van der Waals surface area contributed by atoms with Gasteiger partial charge in [-0.3, -0.25) is 4.79 Å². The summed E-state index contributed by atoms with van der Waals surface area (Å²) >= 11 is 2.74. The molecule has 3 aromatic heterocycles. The summed E-state index contributed by atoms with van der Waals surface area (Å²) in [6.07, 6.45) is -3.46. The fourth-order valence-electron chi connectivity index (χ4n) is 1.85. The Morgan fingerprint density at radius 3 is 2.59 bits per heavy atom. The lowest BCUT2D eigenvalue weighted by molar-refractivity contribution is -0.192. The second kappa shape index (κ2) is 9.58. The number of aromatic nitrogens is 3. The molecule has 9 nitrogen and oxygen atoms in total. The maximum atomic E-state index is 12.3. The minimum absolute atomic E-state index is 0.212. The number of halogens is 3. The fourth-order valence-corrected chi connectivity index (χ4v) is 3.08. The van der Waals surface area contributed by atoms with Crippen LogP contribution >= 0.6 is 22.9 Å². The molecule has 0 radical (unpaired) electrons. The van der Waals surface area contributed by atoms with Gasteiger partial charge in [0.25, 0.3) is 0 Å². The summed E-state index contributed by atoms with van der Waals surface area (Å²) in [6.45, 7) is 0.212. The molecule has 3 heterocycles. The molecule has 0 saturated carbocycles. The fraction of sp³-hybridized carbons (Fsp3) is 0.267. The van der Waals surface area contributed by atoms with Crippen molar-refractivity contribution in [1.82, 2.24) is 19.4 Å². The maximum Gasteiger partial charge on any atom is 0.490 e. The maximum absolute atomic E-state index is 12.3. The van der Waals surface area contributed by atoms with Crippen LogP contribution < -0.4 is 5.73 Å². The number of hydrogen-bond acceptors (Lipinski definition) is 9. The van der Waals surface area contributed by atoms with E-state index in [2.05, 4.69) is 14.5 Å². The van der Waals surface area contributed by atoms with Gasteiger partial charge in [0.1, 0.15) is 6.04 Å². The molecular formula is C15H14F3N5O4S2. The minimum Gasteiger partial charge on any atom is -0.475 e. The summed E-state index contributed by atoms with van der Waals surface area (Å²) in [4.78, 5) is 28.6. The second-order valence-corrected chi connectivity index (χ2v) is 7.19. The Morgan fingerprint density at radius 2 is 2.07 bits per heavy atom. The van der Waals surface area contributed by atoms with Crippen molar-refractivity contribution in [1.29, 1.82) is 0 Å². The number of thiophene rings is 1. The zero-order valence-electron chi connectivity index (χ0n) is 14.7. The van der Waals surface area contributed by atoms with Crippen LogP contribution in [0.15, 0.2) is 34.3 Å². The second-order valence-electron chi connectivity index (χ2n) is 5.38. The monoisotopic (exact) mass is 449 g/mol. The lowest BCUT2D eigenvalue weighted by Crippen LogP contribution is -2.35. The molecule has 0 aliphatic carbocycles. The summed E-state index contributed by atoms with van der Waals surface area (Å²) in [6, 6.07) is 4.84. The number of nitrogens with two attached hydrogens (primary N) is 1. The molecule has 0 saturated heterocycles. The first-order valence-electron chi connectivity index (χ1n) is 7.67. The predicted octanol–water partition coefficient (Wildman–Crippen LogP) is 2.55. The number of alkyl halides is 3. The zero-order valence-corrected chi connectivity index (χ0v) is 16.3. The quantitative estimate of drug-likeness (QED) is 0.607. The van der Waals surface area contributed by atoms with Gasteiger partial charge in [0.15, 0.2) is 0 Å². The van der Waals surface area contributed by atoms with Crippen molar-refractivity contribution in [2.45, 2.75) is 18.8 Å². The highest BCUT2D eigenvalue weighted by molar-refractivity contribution is 7.13. The molecule has 0 spiro atoms. The van der Waals surface area contributed by atoms with Crippen LogP contribution in [0.2, 0.25) is 0 Å². The van der Waals surface area contributed by atoms with E-state index in [0.717, 1.165) is 9.75 Å².